The molecule has 0 saturated heterocycles. The molecule has 3 heteroatoms. The zero-order chi connectivity index (χ0) is 9.90. The van der Waals surface area contributed by atoms with E-state index in [0.717, 1.165) is 5.56 Å². The van der Waals surface area contributed by atoms with E-state index in [1.165, 1.54) is 0 Å². The molecular weight excluding hydrogens is 181 g/mol. The molecule has 1 rings (SSSR count). The van der Waals surface area contributed by atoms with Gasteiger partial charge in [-0.1, -0.05) is 39.7 Å². The van der Waals surface area contributed by atoms with Gasteiger partial charge in [0.05, 0.1) is 5.54 Å². The van der Waals surface area contributed by atoms with Gasteiger partial charge in [0.15, 0.2) is 5.78 Å². The van der Waals surface area contributed by atoms with E-state index in [-0.39, 0.29) is 5.78 Å². The van der Waals surface area contributed by atoms with Crippen LogP contribution in [0.5, 0.6) is 0 Å². The molecule has 0 saturated carbocycles. The molecule has 2 nitrogen and oxygen atoms in total. The minimum atomic E-state index is -0.522. The quantitative estimate of drug-likeness (QED) is 0.590. The molecule has 0 aromatic heterocycles. The summed E-state index contributed by atoms with van der Waals surface area (Å²) >= 11 is 0. The van der Waals surface area contributed by atoms with E-state index in [2.05, 4.69) is 14.5 Å². The second-order valence-electron chi connectivity index (χ2n) is 3.46. The Bertz CT molecular complexity index is 295. The first-order valence-corrected chi connectivity index (χ1v) is 4.73. The van der Waals surface area contributed by atoms with Gasteiger partial charge in [0.2, 0.25) is 0 Å². The summed E-state index contributed by atoms with van der Waals surface area (Å²) in [4.78, 5) is 11.8. The topological polar surface area (TPSA) is 29.1 Å². The highest BCUT2D eigenvalue weighted by Crippen LogP contribution is 2.13. The Morgan fingerprint density at radius 2 is 1.85 bits per heavy atom. The van der Waals surface area contributed by atoms with Crippen LogP contribution < -0.4 is 5.09 Å². The zero-order valence-corrected chi connectivity index (χ0v) is 9.03. The molecule has 0 radical (unpaired) electrons. The molecule has 70 valence electrons. The van der Waals surface area contributed by atoms with E-state index >= 15 is 0 Å². The maximum atomic E-state index is 11.8. The fourth-order valence-electron chi connectivity index (χ4n) is 1.02. The standard InChI is InChI=1S/C10H14NOP/c1-10(2,11-13)9(12)8-6-4-3-5-7-8/h3-7,11H,13H2,1-2H3. The molecule has 0 aliphatic carbocycles. The average molecular weight is 195 g/mol. The summed E-state index contributed by atoms with van der Waals surface area (Å²) in [7, 11) is 2.37. The highest BCUT2D eigenvalue weighted by Gasteiger charge is 2.25. The van der Waals surface area contributed by atoms with Crippen LogP contribution in [0.25, 0.3) is 0 Å². The lowest BCUT2D eigenvalue weighted by atomic mass is 9.94. The van der Waals surface area contributed by atoms with Crippen LogP contribution in [0, 0.1) is 0 Å². The normalized spacial score (nSPS) is 11.3. The third kappa shape index (κ3) is 2.36. The fourth-order valence-corrected chi connectivity index (χ4v) is 1.15. The molecule has 0 heterocycles. The Balaban J connectivity index is 2.93. The van der Waals surface area contributed by atoms with E-state index < -0.39 is 5.54 Å². The Morgan fingerprint density at radius 3 is 2.31 bits per heavy atom. The molecule has 0 spiro atoms. The predicted octanol–water partition coefficient (Wildman–Crippen LogP) is 2.03. The van der Waals surface area contributed by atoms with Gasteiger partial charge in [-0.2, -0.15) is 0 Å². The van der Waals surface area contributed by atoms with E-state index in [0.29, 0.717) is 0 Å². The van der Waals surface area contributed by atoms with Crippen LogP contribution in [0.2, 0.25) is 0 Å². The number of Topliss-reactive ketones (excluding diaryl/α,β-unsaturated/α-hetero) is 1. The number of hydrogen-bond acceptors (Lipinski definition) is 2. The molecule has 0 aliphatic heterocycles. The third-order valence-corrected chi connectivity index (χ3v) is 2.69. The summed E-state index contributed by atoms with van der Waals surface area (Å²) in [6.07, 6.45) is 0. The average Bonchev–Trinajstić information content (AvgIpc) is 2.18. The van der Waals surface area contributed by atoms with Crippen LogP contribution in [0.4, 0.5) is 0 Å². The van der Waals surface area contributed by atoms with Crippen molar-refractivity contribution >= 4 is 15.2 Å². The summed E-state index contributed by atoms with van der Waals surface area (Å²) in [5.74, 6) is 0.100. The number of carbonyl (C=O) groups is 1. The van der Waals surface area contributed by atoms with Crippen molar-refractivity contribution < 1.29 is 4.79 Å². The maximum absolute atomic E-state index is 11.8. The smallest absolute Gasteiger partial charge is 0.182 e. The monoisotopic (exact) mass is 195 g/mol. The van der Waals surface area contributed by atoms with Crippen molar-refractivity contribution in [2.45, 2.75) is 19.4 Å². The molecule has 0 aliphatic rings. The largest absolute Gasteiger partial charge is 0.292 e. The molecule has 1 aromatic rings. The molecule has 0 fully saturated rings. The Labute approximate surface area is 81.0 Å². The molecule has 1 aromatic carbocycles. The summed E-state index contributed by atoms with van der Waals surface area (Å²) < 4.78 is 0. The molecule has 13 heavy (non-hydrogen) atoms. The predicted molar refractivity (Wildman–Crippen MR) is 57.7 cm³/mol. The van der Waals surface area contributed by atoms with E-state index in [1.54, 1.807) is 0 Å². The lowest BCUT2D eigenvalue weighted by Gasteiger charge is -2.21. The number of nitrogens with one attached hydrogen (secondary N) is 1. The van der Waals surface area contributed by atoms with E-state index in [4.69, 9.17) is 0 Å². The lowest BCUT2D eigenvalue weighted by molar-refractivity contribution is 0.0903. The minimum Gasteiger partial charge on any atom is -0.292 e. The zero-order valence-electron chi connectivity index (χ0n) is 7.87. The summed E-state index contributed by atoms with van der Waals surface area (Å²) in [6, 6.07) is 9.29. The van der Waals surface area contributed by atoms with Crippen molar-refractivity contribution in [1.29, 1.82) is 0 Å². The number of rotatable bonds is 3. The highest BCUT2D eigenvalue weighted by atomic mass is 31.0. The lowest BCUT2D eigenvalue weighted by Crippen LogP contribution is -2.41. The van der Waals surface area contributed by atoms with Crippen molar-refractivity contribution in [3.05, 3.63) is 35.9 Å². The van der Waals surface area contributed by atoms with Gasteiger partial charge in [-0.25, -0.2) is 0 Å². The molecule has 1 unspecified atom stereocenters. The van der Waals surface area contributed by atoms with Gasteiger partial charge < -0.3 is 0 Å². The fraction of sp³-hybridized carbons (Fsp3) is 0.300. The second-order valence-corrected chi connectivity index (χ2v) is 3.75. The Morgan fingerprint density at radius 1 is 1.31 bits per heavy atom. The van der Waals surface area contributed by atoms with Crippen LogP contribution in [-0.4, -0.2) is 11.3 Å². The SMILES string of the molecule is CC(C)(NP)C(=O)c1ccccc1. The van der Waals surface area contributed by atoms with Gasteiger partial charge in [0.25, 0.3) is 0 Å². The molecule has 0 amide bonds. The molecule has 0 bridgehead atoms. The number of ketones is 1. The highest BCUT2D eigenvalue weighted by molar-refractivity contribution is 7.13. The van der Waals surface area contributed by atoms with Gasteiger partial charge >= 0.3 is 0 Å². The van der Waals surface area contributed by atoms with Gasteiger partial charge in [-0.3, -0.25) is 9.88 Å². The van der Waals surface area contributed by atoms with Gasteiger partial charge in [-0.05, 0) is 13.8 Å². The summed E-state index contributed by atoms with van der Waals surface area (Å²) in [6.45, 7) is 3.71. The van der Waals surface area contributed by atoms with Gasteiger partial charge in [0, 0.05) is 5.56 Å². The Hall–Kier alpha value is -0.720. The summed E-state index contributed by atoms with van der Waals surface area (Å²) in [5.41, 5.74) is 0.217. The first kappa shape index (κ1) is 10.4. The van der Waals surface area contributed by atoms with Gasteiger partial charge in [0.1, 0.15) is 0 Å². The molecule has 1 atom stereocenters. The molecular formula is C10H14NOP. The van der Waals surface area contributed by atoms with E-state index in [1.807, 2.05) is 44.2 Å². The Kier molecular flexibility index (Phi) is 3.18. The number of hydrogen-bond donors (Lipinski definition) is 1. The van der Waals surface area contributed by atoms with Crippen LogP contribution in [-0.2, 0) is 0 Å². The van der Waals surface area contributed by atoms with Crippen LogP contribution >= 0.6 is 9.39 Å². The second kappa shape index (κ2) is 3.99. The first-order chi connectivity index (χ1) is 6.08. The van der Waals surface area contributed by atoms with Gasteiger partial charge in [-0.15, -0.1) is 0 Å². The van der Waals surface area contributed by atoms with Crippen LogP contribution in [0.15, 0.2) is 30.3 Å². The van der Waals surface area contributed by atoms with E-state index in [9.17, 15) is 4.79 Å². The van der Waals surface area contributed by atoms with Crippen molar-refractivity contribution in [2.24, 2.45) is 0 Å². The molecule has 1 N–H and O–H groups in total. The first-order valence-electron chi connectivity index (χ1n) is 4.15. The van der Waals surface area contributed by atoms with Crippen LogP contribution in [0.3, 0.4) is 0 Å². The van der Waals surface area contributed by atoms with Crippen molar-refractivity contribution in [1.82, 2.24) is 5.09 Å². The van der Waals surface area contributed by atoms with Crippen molar-refractivity contribution in [3.63, 3.8) is 0 Å². The minimum absolute atomic E-state index is 0.100. The van der Waals surface area contributed by atoms with Crippen molar-refractivity contribution in [2.75, 3.05) is 0 Å². The summed E-state index contributed by atoms with van der Waals surface area (Å²) in [5, 5.41) is 2.91. The third-order valence-electron chi connectivity index (χ3n) is 1.96. The van der Waals surface area contributed by atoms with Crippen LogP contribution in [0.1, 0.15) is 24.2 Å². The maximum Gasteiger partial charge on any atom is 0.182 e. The number of carbonyl (C=O) groups excluding carboxylic acids is 1. The number of benzene rings is 1. The van der Waals surface area contributed by atoms with Crippen molar-refractivity contribution in [3.8, 4) is 0 Å².